The van der Waals surface area contributed by atoms with Crippen molar-refractivity contribution in [3.63, 3.8) is 0 Å². The van der Waals surface area contributed by atoms with Crippen LogP contribution in [0.3, 0.4) is 0 Å². The second-order valence-corrected chi connectivity index (χ2v) is 3.83. The minimum atomic E-state index is 0.157. The smallest absolute Gasteiger partial charge is 0.130 e. The summed E-state index contributed by atoms with van der Waals surface area (Å²) in [5.74, 6) is 1.78. The third kappa shape index (κ3) is 2.81. The van der Waals surface area contributed by atoms with Gasteiger partial charge < -0.3 is 10.3 Å². The van der Waals surface area contributed by atoms with Crippen LogP contribution in [-0.2, 0) is 6.42 Å². The van der Waals surface area contributed by atoms with E-state index in [9.17, 15) is 0 Å². The first-order valence-corrected chi connectivity index (χ1v) is 5.90. The van der Waals surface area contributed by atoms with Crippen LogP contribution in [0.1, 0.15) is 37.8 Å². The Morgan fingerprint density at radius 1 is 1.29 bits per heavy atom. The number of imidazole rings is 1. The molecule has 0 amide bonds. The maximum Gasteiger partial charge on any atom is 0.130 e. The predicted molar refractivity (Wildman–Crippen MR) is 66.7 cm³/mol. The van der Waals surface area contributed by atoms with Crippen molar-refractivity contribution in [1.82, 2.24) is 19.9 Å². The summed E-state index contributed by atoms with van der Waals surface area (Å²) >= 11 is 0. The molecule has 0 radical (unpaired) electrons. The zero-order valence-electron chi connectivity index (χ0n) is 10.1. The molecule has 90 valence electrons. The van der Waals surface area contributed by atoms with E-state index in [0.29, 0.717) is 0 Å². The van der Waals surface area contributed by atoms with Crippen molar-refractivity contribution in [1.29, 1.82) is 0 Å². The van der Waals surface area contributed by atoms with Crippen LogP contribution in [0.5, 0.6) is 0 Å². The van der Waals surface area contributed by atoms with Gasteiger partial charge in [0.15, 0.2) is 0 Å². The van der Waals surface area contributed by atoms with E-state index in [2.05, 4.69) is 39.1 Å². The average molecular weight is 231 g/mol. The first-order valence-electron chi connectivity index (χ1n) is 5.90. The van der Waals surface area contributed by atoms with Gasteiger partial charge in [-0.3, -0.25) is 0 Å². The molecule has 2 N–H and O–H groups in total. The predicted octanol–water partition coefficient (Wildman–Crippen LogP) is 2.33. The molecule has 0 fully saturated rings. The van der Waals surface area contributed by atoms with Crippen molar-refractivity contribution < 1.29 is 0 Å². The zero-order chi connectivity index (χ0) is 12.1. The van der Waals surface area contributed by atoms with Gasteiger partial charge in [-0.15, -0.1) is 0 Å². The van der Waals surface area contributed by atoms with Crippen LogP contribution in [0.2, 0.25) is 0 Å². The second-order valence-electron chi connectivity index (χ2n) is 3.83. The van der Waals surface area contributed by atoms with Gasteiger partial charge in [0.2, 0.25) is 0 Å². The van der Waals surface area contributed by atoms with Crippen molar-refractivity contribution in [2.45, 2.75) is 32.7 Å². The Labute approximate surface area is 101 Å². The number of H-pyrrole nitrogens is 1. The van der Waals surface area contributed by atoms with Crippen LogP contribution >= 0.6 is 0 Å². The van der Waals surface area contributed by atoms with E-state index in [4.69, 9.17) is 0 Å². The highest BCUT2D eigenvalue weighted by Gasteiger charge is 2.11. The minimum absolute atomic E-state index is 0.157. The van der Waals surface area contributed by atoms with Gasteiger partial charge in [0.1, 0.15) is 18.0 Å². The van der Waals surface area contributed by atoms with E-state index in [-0.39, 0.29) is 6.04 Å². The van der Waals surface area contributed by atoms with E-state index >= 15 is 0 Å². The molecule has 0 bridgehead atoms. The van der Waals surface area contributed by atoms with Crippen molar-refractivity contribution in [2.24, 2.45) is 0 Å². The molecule has 2 rings (SSSR count). The molecule has 5 nitrogen and oxygen atoms in total. The molecule has 17 heavy (non-hydrogen) atoms. The number of nitrogens with zero attached hydrogens (tertiary/aromatic N) is 3. The number of nitrogens with one attached hydrogen (secondary N) is 2. The van der Waals surface area contributed by atoms with Gasteiger partial charge in [0, 0.05) is 24.2 Å². The highest BCUT2D eigenvalue weighted by atomic mass is 15.1. The van der Waals surface area contributed by atoms with Crippen LogP contribution in [-0.4, -0.2) is 19.9 Å². The van der Waals surface area contributed by atoms with Gasteiger partial charge in [-0.2, -0.15) is 0 Å². The zero-order valence-corrected chi connectivity index (χ0v) is 10.1. The summed E-state index contributed by atoms with van der Waals surface area (Å²) < 4.78 is 0. The fourth-order valence-corrected chi connectivity index (χ4v) is 1.68. The molecule has 0 saturated carbocycles. The maximum atomic E-state index is 4.26. The second kappa shape index (κ2) is 5.43. The number of aromatic amines is 1. The summed E-state index contributed by atoms with van der Waals surface area (Å²) in [6.45, 7) is 4.19. The lowest BCUT2D eigenvalue weighted by molar-refractivity contribution is 0.699. The standard InChI is InChI=1S/C12H17N5/c1-3-9-7-11(16-8-15-9)17-10(4-2)12-13-5-6-14-12/h5-8,10H,3-4H2,1-2H3,(H,13,14)(H,15,16,17). The largest absolute Gasteiger partial charge is 0.360 e. The number of anilines is 1. The molecular formula is C12H17N5. The van der Waals surface area contributed by atoms with Gasteiger partial charge >= 0.3 is 0 Å². The lowest BCUT2D eigenvalue weighted by Gasteiger charge is -2.15. The molecule has 0 saturated heterocycles. The van der Waals surface area contributed by atoms with E-state index in [1.165, 1.54) is 0 Å². The third-order valence-electron chi connectivity index (χ3n) is 2.67. The van der Waals surface area contributed by atoms with Crippen LogP contribution in [0.25, 0.3) is 0 Å². The van der Waals surface area contributed by atoms with Gasteiger partial charge in [0.25, 0.3) is 0 Å². The summed E-state index contributed by atoms with van der Waals surface area (Å²) in [5.41, 5.74) is 1.04. The van der Waals surface area contributed by atoms with Crippen LogP contribution in [0, 0.1) is 0 Å². The maximum absolute atomic E-state index is 4.26. The van der Waals surface area contributed by atoms with Gasteiger partial charge in [-0.1, -0.05) is 13.8 Å². The molecule has 1 atom stereocenters. The van der Waals surface area contributed by atoms with Crippen LogP contribution in [0.15, 0.2) is 24.8 Å². The number of aromatic nitrogens is 4. The Morgan fingerprint density at radius 2 is 2.18 bits per heavy atom. The molecule has 2 aromatic rings. The molecule has 2 heterocycles. The number of rotatable bonds is 5. The van der Waals surface area contributed by atoms with Crippen molar-refractivity contribution >= 4 is 5.82 Å². The number of hydrogen-bond acceptors (Lipinski definition) is 4. The van der Waals surface area contributed by atoms with Crippen LogP contribution < -0.4 is 5.32 Å². The SMILES string of the molecule is CCc1cc(NC(CC)c2ncc[nH]2)ncn1. The average Bonchev–Trinajstić information content (AvgIpc) is 2.90. The topological polar surface area (TPSA) is 66.5 Å². The highest BCUT2D eigenvalue weighted by Crippen LogP contribution is 2.18. The Balaban J connectivity index is 2.13. The first kappa shape index (κ1) is 11.6. The molecule has 0 aliphatic carbocycles. The van der Waals surface area contributed by atoms with Crippen molar-refractivity contribution in [3.8, 4) is 0 Å². The molecule has 0 spiro atoms. The highest BCUT2D eigenvalue weighted by molar-refractivity contribution is 5.36. The summed E-state index contributed by atoms with van der Waals surface area (Å²) in [4.78, 5) is 15.8. The van der Waals surface area contributed by atoms with E-state index in [0.717, 1.165) is 30.2 Å². The molecule has 2 aromatic heterocycles. The van der Waals surface area contributed by atoms with Crippen molar-refractivity contribution in [3.05, 3.63) is 36.3 Å². The normalized spacial score (nSPS) is 12.4. The monoisotopic (exact) mass is 231 g/mol. The number of hydrogen-bond donors (Lipinski definition) is 2. The fourth-order valence-electron chi connectivity index (χ4n) is 1.68. The van der Waals surface area contributed by atoms with Gasteiger partial charge in [-0.05, 0) is 12.8 Å². The fraction of sp³-hybridized carbons (Fsp3) is 0.417. The Morgan fingerprint density at radius 3 is 2.82 bits per heavy atom. The quantitative estimate of drug-likeness (QED) is 0.828. The molecule has 0 aliphatic rings. The Bertz CT molecular complexity index is 452. The van der Waals surface area contributed by atoms with Gasteiger partial charge in [0.05, 0.1) is 6.04 Å². The first-order chi connectivity index (χ1) is 8.33. The van der Waals surface area contributed by atoms with E-state index in [1.54, 1.807) is 12.5 Å². The molecule has 1 unspecified atom stereocenters. The Kier molecular flexibility index (Phi) is 3.69. The molecular weight excluding hydrogens is 214 g/mol. The Hall–Kier alpha value is -1.91. The minimum Gasteiger partial charge on any atom is -0.360 e. The lowest BCUT2D eigenvalue weighted by Crippen LogP contribution is -2.12. The molecule has 5 heteroatoms. The molecule has 0 aromatic carbocycles. The van der Waals surface area contributed by atoms with E-state index in [1.807, 2.05) is 12.3 Å². The lowest BCUT2D eigenvalue weighted by atomic mass is 10.2. The third-order valence-corrected chi connectivity index (χ3v) is 2.67. The van der Waals surface area contributed by atoms with E-state index < -0.39 is 0 Å². The van der Waals surface area contributed by atoms with Crippen molar-refractivity contribution in [2.75, 3.05) is 5.32 Å². The summed E-state index contributed by atoms with van der Waals surface area (Å²) in [7, 11) is 0. The molecule has 0 aliphatic heterocycles. The van der Waals surface area contributed by atoms with Gasteiger partial charge in [-0.25, -0.2) is 15.0 Å². The summed E-state index contributed by atoms with van der Waals surface area (Å²) in [6, 6.07) is 2.13. The summed E-state index contributed by atoms with van der Waals surface area (Å²) in [5, 5.41) is 3.36. The number of aryl methyl sites for hydroxylation is 1. The van der Waals surface area contributed by atoms with Crippen LogP contribution in [0.4, 0.5) is 5.82 Å². The summed E-state index contributed by atoms with van der Waals surface area (Å²) in [6.07, 6.45) is 7.04.